The molecule has 1 aliphatic rings. The third-order valence-corrected chi connectivity index (χ3v) is 4.36. The zero-order chi connectivity index (χ0) is 13.8. The van der Waals surface area contributed by atoms with Crippen LogP contribution in [0.4, 0.5) is 4.39 Å². The molecule has 0 aliphatic heterocycles. The predicted octanol–water partition coefficient (Wildman–Crippen LogP) is 3.66. The lowest BCUT2D eigenvalue weighted by Crippen LogP contribution is -2.35. The lowest BCUT2D eigenvalue weighted by molar-refractivity contribution is 0.0943. The van der Waals surface area contributed by atoms with Gasteiger partial charge in [0.1, 0.15) is 5.82 Å². The zero-order valence-corrected chi connectivity index (χ0v) is 11.8. The molecule has 2 nitrogen and oxygen atoms in total. The summed E-state index contributed by atoms with van der Waals surface area (Å²) in [6.07, 6.45) is 4.40. The average molecular weight is 284 g/mol. The Kier molecular flexibility index (Phi) is 4.81. The number of aryl methyl sites for hydroxylation is 1. The predicted molar refractivity (Wildman–Crippen MR) is 75.1 cm³/mol. The van der Waals surface area contributed by atoms with Crippen molar-refractivity contribution in [3.05, 3.63) is 35.1 Å². The Morgan fingerprint density at radius 3 is 2.89 bits per heavy atom. The number of benzene rings is 1. The van der Waals surface area contributed by atoms with E-state index in [4.69, 9.17) is 11.6 Å². The molecule has 1 N–H and O–H groups in total. The van der Waals surface area contributed by atoms with E-state index in [0.29, 0.717) is 18.0 Å². The van der Waals surface area contributed by atoms with Crippen molar-refractivity contribution < 1.29 is 9.18 Å². The van der Waals surface area contributed by atoms with Crippen LogP contribution in [-0.2, 0) is 0 Å². The van der Waals surface area contributed by atoms with Gasteiger partial charge in [-0.25, -0.2) is 4.39 Å². The van der Waals surface area contributed by atoms with E-state index in [0.717, 1.165) is 18.4 Å². The number of rotatable bonds is 3. The van der Waals surface area contributed by atoms with Gasteiger partial charge in [-0.15, -0.1) is 11.6 Å². The quantitative estimate of drug-likeness (QED) is 0.843. The van der Waals surface area contributed by atoms with Crippen LogP contribution < -0.4 is 5.32 Å². The molecule has 104 valence electrons. The number of hydrogen-bond acceptors (Lipinski definition) is 1. The number of alkyl halides is 1. The van der Waals surface area contributed by atoms with Crippen molar-refractivity contribution in [1.29, 1.82) is 0 Å². The summed E-state index contributed by atoms with van der Waals surface area (Å²) in [7, 11) is 0. The summed E-state index contributed by atoms with van der Waals surface area (Å²) in [5.41, 5.74) is 1.19. The molecule has 0 aromatic heterocycles. The Bertz CT molecular complexity index is 463. The first-order chi connectivity index (χ1) is 9.08. The maximum Gasteiger partial charge on any atom is 0.251 e. The summed E-state index contributed by atoms with van der Waals surface area (Å²) in [5.74, 6) is -0.275. The number of carbonyl (C=O) groups excluding carboxylic acids is 1. The maximum absolute atomic E-state index is 13.2. The van der Waals surface area contributed by atoms with Crippen molar-refractivity contribution in [2.24, 2.45) is 5.92 Å². The molecule has 1 fully saturated rings. The molecule has 1 aliphatic carbocycles. The van der Waals surface area contributed by atoms with Crippen molar-refractivity contribution in [2.75, 3.05) is 6.54 Å². The second kappa shape index (κ2) is 6.38. The van der Waals surface area contributed by atoms with E-state index in [1.54, 1.807) is 13.0 Å². The van der Waals surface area contributed by atoms with Gasteiger partial charge in [0, 0.05) is 17.5 Å². The molecular formula is C15H19ClFNO. The summed E-state index contributed by atoms with van der Waals surface area (Å²) in [6.45, 7) is 2.38. The molecule has 2 atom stereocenters. The fraction of sp³-hybridized carbons (Fsp3) is 0.533. The Balaban J connectivity index is 1.95. The Morgan fingerprint density at radius 2 is 2.16 bits per heavy atom. The standard InChI is InChI=1S/C15H19ClFNO/c1-10-6-7-12(17)8-13(10)15(19)18-9-11-4-2-3-5-14(11)16/h6-8,11,14H,2-5,9H2,1H3,(H,18,19). The van der Waals surface area contributed by atoms with Gasteiger partial charge < -0.3 is 5.32 Å². The highest BCUT2D eigenvalue weighted by atomic mass is 35.5. The van der Waals surface area contributed by atoms with E-state index in [1.807, 2.05) is 0 Å². The lowest BCUT2D eigenvalue weighted by atomic mass is 9.88. The Labute approximate surface area is 118 Å². The van der Waals surface area contributed by atoms with E-state index in [1.165, 1.54) is 25.0 Å². The van der Waals surface area contributed by atoms with Gasteiger partial charge in [-0.1, -0.05) is 18.9 Å². The van der Waals surface area contributed by atoms with Crippen LogP contribution in [0.2, 0.25) is 0 Å². The summed E-state index contributed by atoms with van der Waals surface area (Å²) in [5, 5.41) is 3.02. The minimum atomic E-state index is -0.386. The molecule has 0 spiro atoms. The highest BCUT2D eigenvalue weighted by Gasteiger charge is 2.23. The highest BCUT2D eigenvalue weighted by Crippen LogP contribution is 2.28. The third-order valence-electron chi connectivity index (χ3n) is 3.79. The van der Waals surface area contributed by atoms with Crippen LogP contribution in [0.1, 0.15) is 41.6 Å². The van der Waals surface area contributed by atoms with Crippen molar-refractivity contribution in [3.8, 4) is 0 Å². The van der Waals surface area contributed by atoms with E-state index >= 15 is 0 Å². The van der Waals surface area contributed by atoms with Gasteiger partial charge in [0.05, 0.1) is 0 Å². The third kappa shape index (κ3) is 3.69. The molecule has 1 amide bonds. The number of amides is 1. The first-order valence-electron chi connectivity index (χ1n) is 6.76. The van der Waals surface area contributed by atoms with Crippen LogP contribution in [-0.4, -0.2) is 17.8 Å². The van der Waals surface area contributed by atoms with E-state index in [9.17, 15) is 9.18 Å². The Hall–Kier alpha value is -1.09. The molecule has 1 aromatic carbocycles. The monoisotopic (exact) mass is 283 g/mol. The molecule has 0 radical (unpaired) electrons. The number of nitrogens with one attached hydrogen (secondary N) is 1. The van der Waals surface area contributed by atoms with E-state index in [-0.39, 0.29) is 17.1 Å². The SMILES string of the molecule is Cc1ccc(F)cc1C(=O)NCC1CCCCC1Cl. The Morgan fingerprint density at radius 1 is 1.42 bits per heavy atom. The van der Waals surface area contributed by atoms with Gasteiger partial charge >= 0.3 is 0 Å². The number of carbonyl (C=O) groups is 1. The zero-order valence-electron chi connectivity index (χ0n) is 11.1. The van der Waals surface area contributed by atoms with Gasteiger partial charge in [-0.3, -0.25) is 4.79 Å². The molecule has 2 unspecified atom stereocenters. The van der Waals surface area contributed by atoms with Crippen LogP contribution in [0, 0.1) is 18.7 Å². The number of hydrogen-bond donors (Lipinski definition) is 1. The maximum atomic E-state index is 13.2. The highest BCUT2D eigenvalue weighted by molar-refractivity contribution is 6.20. The van der Waals surface area contributed by atoms with E-state index in [2.05, 4.69) is 5.32 Å². The van der Waals surface area contributed by atoms with Crippen molar-refractivity contribution in [3.63, 3.8) is 0 Å². The van der Waals surface area contributed by atoms with Crippen molar-refractivity contribution in [2.45, 2.75) is 38.0 Å². The second-order valence-electron chi connectivity index (χ2n) is 5.23. The minimum absolute atomic E-state index is 0.141. The van der Waals surface area contributed by atoms with Gasteiger partial charge in [-0.05, 0) is 43.4 Å². The summed E-state index contributed by atoms with van der Waals surface area (Å²) in [6, 6.07) is 4.26. The summed E-state index contributed by atoms with van der Waals surface area (Å²) < 4.78 is 13.2. The normalized spacial score (nSPS) is 23.1. The fourth-order valence-electron chi connectivity index (χ4n) is 2.55. The molecule has 2 rings (SSSR count). The number of halogens is 2. The summed E-state index contributed by atoms with van der Waals surface area (Å²) in [4.78, 5) is 12.0. The van der Waals surface area contributed by atoms with Gasteiger partial charge in [0.25, 0.3) is 5.91 Å². The van der Waals surface area contributed by atoms with Crippen LogP contribution in [0.25, 0.3) is 0 Å². The van der Waals surface area contributed by atoms with Crippen molar-refractivity contribution >= 4 is 17.5 Å². The van der Waals surface area contributed by atoms with Crippen LogP contribution >= 0.6 is 11.6 Å². The van der Waals surface area contributed by atoms with Crippen molar-refractivity contribution in [1.82, 2.24) is 5.32 Å². The van der Waals surface area contributed by atoms with Crippen LogP contribution in [0.3, 0.4) is 0 Å². The molecule has 4 heteroatoms. The largest absolute Gasteiger partial charge is 0.352 e. The second-order valence-corrected chi connectivity index (χ2v) is 5.79. The van der Waals surface area contributed by atoms with E-state index < -0.39 is 0 Å². The first-order valence-corrected chi connectivity index (χ1v) is 7.20. The fourth-order valence-corrected chi connectivity index (χ4v) is 2.92. The first kappa shape index (κ1) is 14.3. The molecule has 0 bridgehead atoms. The average Bonchev–Trinajstić information content (AvgIpc) is 2.40. The van der Waals surface area contributed by atoms with Gasteiger partial charge in [-0.2, -0.15) is 0 Å². The molecule has 1 saturated carbocycles. The molecule has 0 saturated heterocycles. The topological polar surface area (TPSA) is 29.1 Å². The van der Waals surface area contributed by atoms with Gasteiger partial charge in [0.15, 0.2) is 0 Å². The summed E-state index contributed by atoms with van der Waals surface area (Å²) >= 11 is 6.26. The molecule has 1 aromatic rings. The van der Waals surface area contributed by atoms with Crippen LogP contribution in [0.15, 0.2) is 18.2 Å². The molecule has 19 heavy (non-hydrogen) atoms. The minimum Gasteiger partial charge on any atom is -0.352 e. The molecule has 0 heterocycles. The smallest absolute Gasteiger partial charge is 0.251 e. The van der Waals surface area contributed by atoms with Gasteiger partial charge in [0.2, 0.25) is 0 Å². The molecular weight excluding hydrogens is 265 g/mol. The lowest BCUT2D eigenvalue weighted by Gasteiger charge is -2.27. The van der Waals surface area contributed by atoms with Crippen LogP contribution in [0.5, 0.6) is 0 Å².